The Morgan fingerprint density at radius 2 is 2.26 bits per heavy atom. The molecule has 0 aromatic carbocycles. The second-order valence-corrected chi connectivity index (χ2v) is 6.62. The zero-order chi connectivity index (χ0) is 13.9. The first-order chi connectivity index (χ1) is 8.99. The SMILES string of the molecule is O=S(=O)(NCCn1cccn1)c1cc(Br)cnc1Cl. The quantitative estimate of drug-likeness (QED) is 0.818. The Morgan fingerprint density at radius 3 is 2.95 bits per heavy atom. The van der Waals surface area contributed by atoms with Crippen LogP contribution < -0.4 is 4.72 Å². The van der Waals surface area contributed by atoms with E-state index in [1.54, 1.807) is 23.1 Å². The van der Waals surface area contributed by atoms with Crippen LogP contribution in [0.4, 0.5) is 0 Å². The number of hydrogen-bond acceptors (Lipinski definition) is 4. The summed E-state index contributed by atoms with van der Waals surface area (Å²) in [6, 6.07) is 3.18. The van der Waals surface area contributed by atoms with Crippen molar-refractivity contribution in [3.63, 3.8) is 0 Å². The van der Waals surface area contributed by atoms with Crippen molar-refractivity contribution < 1.29 is 8.42 Å². The summed E-state index contributed by atoms with van der Waals surface area (Å²) >= 11 is 8.95. The summed E-state index contributed by atoms with van der Waals surface area (Å²) in [5, 5.41) is 3.92. The smallest absolute Gasteiger partial charge is 0.243 e. The molecule has 6 nitrogen and oxygen atoms in total. The molecular weight excluding hydrogens is 356 g/mol. The molecule has 0 atom stereocenters. The van der Waals surface area contributed by atoms with Crippen LogP contribution in [0.25, 0.3) is 0 Å². The highest BCUT2D eigenvalue weighted by molar-refractivity contribution is 9.10. The van der Waals surface area contributed by atoms with E-state index in [-0.39, 0.29) is 16.6 Å². The molecule has 0 unspecified atom stereocenters. The van der Waals surface area contributed by atoms with Crippen LogP contribution in [-0.2, 0) is 16.6 Å². The molecule has 9 heteroatoms. The van der Waals surface area contributed by atoms with Gasteiger partial charge in [0.05, 0.1) is 6.54 Å². The van der Waals surface area contributed by atoms with Gasteiger partial charge in [-0.15, -0.1) is 0 Å². The molecule has 2 rings (SSSR count). The van der Waals surface area contributed by atoms with Crippen molar-refractivity contribution in [2.24, 2.45) is 0 Å². The van der Waals surface area contributed by atoms with Crippen molar-refractivity contribution in [1.29, 1.82) is 0 Å². The Kier molecular flexibility index (Phi) is 4.56. The van der Waals surface area contributed by atoms with Gasteiger partial charge in [0.2, 0.25) is 10.0 Å². The maximum Gasteiger partial charge on any atom is 0.243 e. The van der Waals surface area contributed by atoms with Crippen LogP contribution in [0.5, 0.6) is 0 Å². The average molecular weight is 366 g/mol. The van der Waals surface area contributed by atoms with Gasteiger partial charge in [0, 0.05) is 29.6 Å². The third kappa shape index (κ3) is 3.75. The lowest BCUT2D eigenvalue weighted by atomic mass is 10.5. The highest BCUT2D eigenvalue weighted by Crippen LogP contribution is 2.22. The van der Waals surface area contributed by atoms with E-state index in [2.05, 4.69) is 30.7 Å². The number of nitrogens with one attached hydrogen (secondary N) is 1. The summed E-state index contributed by atoms with van der Waals surface area (Å²) in [5.41, 5.74) is 0. The number of pyridine rings is 1. The second kappa shape index (κ2) is 6.00. The van der Waals surface area contributed by atoms with Gasteiger partial charge in [0.15, 0.2) is 0 Å². The minimum Gasteiger partial charge on any atom is -0.271 e. The maximum absolute atomic E-state index is 12.0. The molecular formula is C10H10BrClN4O2S. The van der Waals surface area contributed by atoms with Crippen LogP contribution in [0.15, 0.2) is 40.1 Å². The standard InChI is InChI=1S/C10H10BrClN4O2S/c11-8-6-9(10(12)13-7-8)19(17,18)15-3-5-16-4-1-2-14-16/h1-2,4,6-7,15H,3,5H2. The minimum absolute atomic E-state index is 0.0518. The predicted molar refractivity (Wildman–Crippen MR) is 74.4 cm³/mol. The first kappa shape index (κ1) is 14.4. The topological polar surface area (TPSA) is 76.9 Å². The van der Waals surface area contributed by atoms with Crippen LogP contribution in [0.2, 0.25) is 5.15 Å². The van der Waals surface area contributed by atoms with Gasteiger partial charge in [-0.2, -0.15) is 5.10 Å². The normalized spacial score (nSPS) is 11.7. The molecule has 0 saturated carbocycles. The van der Waals surface area contributed by atoms with Gasteiger partial charge in [-0.05, 0) is 28.1 Å². The molecule has 0 bridgehead atoms. The number of rotatable bonds is 5. The molecule has 0 fully saturated rings. The fraction of sp³-hybridized carbons (Fsp3) is 0.200. The monoisotopic (exact) mass is 364 g/mol. The van der Waals surface area contributed by atoms with E-state index in [0.29, 0.717) is 11.0 Å². The van der Waals surface area contributed by atoms with E-state index in [1.165, 1.54) is 12.3 Å². The average Bonchev–Trinajstić information content (AvgIpc) is 2.85. The lowest BCUT2D eigenvalue weighted by Gasteiger charge is -2.08. The Labute approximate surface area is 124 Å². The minimum atomic E-state index is -3.68. The first-order valence-electron chi connectivity index (χ1n) is 5.27. The molecule has 2 aromatic heterocycles. The number of sulfonamides is 1. The molecule has 102 valence electrons. The highest BCUT2D eigenvalue weighted by Gasteiger charge is 2.18. The van der Waals surface area contributed by atoms with Crippen molar-refractivity contribution in [2.45, 2.75) is 11.4 Å². The molecule has 2 aromatic rings. The van der Waals surface area contributed by atoms with Gasteiger partial charge >= 0.3 is 0 Å². The summed E-state index contributed by atoms with van der Waals surface area (Å²) in [6.45, 7) is 0.651. The fourth-order valence-corrected chi connectivity index (χ4v) is 3.36. The summed E-state index contributed by atoms with van der Waals surface area (Å²) in [7, 11) is -3.68. The van der Waals surface area contributed by atoms with Gasteiger partial charge in [-0.3, -0.25) is 4.68 Å². The maximum atomic E-state index is 12.0. The van der Waals surface area contributed by atoms with Crippen molar-refractivity contribution in [3.05, 3.63) is 40.3 Å². The largest absolute Gasteiger partial charge is 0.271 e. The van der Waals surface area contributed by atoms with Gasteiger partial charge in [0.1, 0.15) is 10.0 Å². The van der Waals surface area contributed by atoms with E-state index in [4.69, 9.17) is 11.6 Å². The van der Waals surface area contributed by atoms with E-state index >= 15 is 0 Å². The number of hydrogen-bond donors (Lipinski definition) is 1. The van der Waals surface area contributed by atoms with Gasteiger partial charge in [-0.25, -0.2) is 18.1 Å². The molecule has 2 heterocycles. The molecule has 0 aliphatic heterocycles. The van der Waals surface area contributed by atoms with Crippen LogP contribution in [0, 0.1) is 0 Å². The zero-order valence-electron chi connectivity index (χ0n) is 9.62. The Balaban J connectivity index is 2.07. The summed E-state index contributed by atoms with van der Waals surface area (Å²) in [6.07, 6.45) is 4.82. The summed E-state index contributed by atoms with van der Waals surface area (Å²) in [5.74, 6) is 0. The lowest BCUT2D eigenvalue weighted by molar-refractivity contribution is 0.560. The van der Waals surface area contributed by atoms with Crippen LogP contribution in [0.3, 0.4) is 0 Å². The third-order valence-corrected chi connectivity index (χ3v) is 4.58. The molecule has 0 aliphatic carbocycles. The molecule has 0 radical (unpaired) electrons. The number of nitrogens with zero attached hydrogens (tertiary/aromatic N) is 3. The number of halogens is 2. The van der Waals surface area contributed by atoms with E-state index < -0.39 is 10.0 Å². The number of aromatic nitrogens is 3. The first-order valence-corrected chi connectivity index (χ1v) is 7.92. The van der Waals surface area contributed by atoms with Crippen LogP contribution in [0.1, 0.15) is 0 Å². The van der Waals surface area contributed by atoms with Crippen molar-refractivity contribution in [1.82, 2.24) is 19.5 Å². The van der Waals surface area contributed by atoms with Gasteiger partial charge in [0.25, 0.3) is 0 Å². The van der Waals surface area contributed by atoms with E-state index in [0.717, 1.165) is 0 Å². The molecule has 0 amide bonds. The Hall–Kier alpha value is -0.960. The lowest BCUT2D eigenvalue weighted by Crippen LogP contribution is -2.28. The molecule has 0 spiro atoms. The van der Waals surface area contributed by atoms with Crippen molar-refractivity contribution >= 4 is 37.6 Å². The molecule has 1 N–H and O–H groups in total. The van der Waals surface area contributed by atoms with E-state index in [1.807, 2.05) is 0 Å². The summed E-state index contributed by atoms with van der Waals surface area (Å²) in [4.78, 5) is 3.73. The van der Waals surface area contributed by atoms with Crippen LogP contribution in [-0.4, -0.2) is 29.7 Å². The fourth-order valence-electron chi connectivity index (χ4n) is 1.40. The van der Waals surface area contributed by atoms with Gasteiger partial charge in [-0.1, -0.05) is 11.6 Å². The third-order valence-electron chi connectivity index (χ3n) is 2.26. The second-order valence-electron chi connectivity index (χ2n) is 3.61. The highest BCUT2D eigenvalue weighted by atomic mass is 79.9. The summed E-state index contributed by atoms with van der Waals surface area (Å²) < 4.78 is 28.7. The Morgan fingerprint density at radius 1 is 1.47 bits per heavy atom. The van der Waals surface area contributed by atoms with E-state index in [9.17, 15) is 8.42 Å². The van der Waals surface area contributed by atoms with Crippen molar-refractivity contribution in [3.8, 4) is 0 Å². The Bertz CT molecular complexity index is 660. The zero-order valence-corrected chi connectivity index (χ0v) is 12.8. The molecule has 19 heavy (non-hydrogen) atoms. The van der Waals surface area contributed by atoms with Crippen molar-refractivity contribution in [2.75, 3.05) is 6.54 Å². The predicted octanol–water partition coefficient (Wildman–Crippen LogP) is 1.67. The molecule has 0 aliphatic rings. The van der Waals surface area contributed by atoms with Crippen LogP contribution >= 0.6 is 27.5 Å². The van der Waals surface area contributed by atoms with Gasteiger partial charge < -0.3 is 0 Å². The molecule has 0 saturated heterocycles.